The van der Waals surface area contributed by atoms with Gasteiger partial charge in [-0.1, -0.05) is 27.7 Å². The van der Waals surface area contributed by atoms with Gasteiger partial charge >= 0.3 is 5.97 Å². The molecule has 0 unspecified atom stereocenters. The molecule has 5 nitrogen and oxygen atoms in total. The van der Waals surface area contributed by atoms with Crippen LogP contribution in [-0.2, 0) is 9.59 Å². The summed E-state index contributed by atoms with van der Waals surface area (Å²) in [6.45, 7) is 9.54. The molecule has 0 rings (SSSR count). The number of hydrogen-bond acceptors (Lipinski definition) is 3. The van der Waals surface area contributed by atoms with E-state index < -0.39 is 5.97 Å². The number of carboxylic acids is 1. The Morgan fingerprint density at radius 3 is 2.17 bits per heavy atom. The summed E-state index contributed by atoms with van der Waals surface area (Å²) < 4.78 is 0. The molecule has 0 aromatic heterocycles. The van der Waals surface area contributed by atoms with Crippen molar-refractivity contribution < 1.29 is 14.7 Å². The third kappa shape index (κ3) is 10.1. The van der Waals surface area contributed by atoms with Crippen LogP contribution >= 0.6 is 0 Å². The summed E-state index contributed by atoms with van der Waals surface area (Å²) in [7, 11) is 0. The Kier molecular flexibility index (Phi) is 8.37. The first-order valence-electron chi connectivity index (χ1n) is 6.52. The summed E-state index contributed by atoms with van der Waals surface area (Å²) in [6.07, 6.45) is 0.939. The van der Waals surface area contributed by atoms with Gasteiger partial charge in [0.05, 0.1) is 13.1 Å². The van der Waals surface area contributed by atoms with Crippen LogP contribution in [0, 0.1) is 11.8 Å². The molecule has 0 saturated carbocycles. The van der Waals surface area contributed by atoms with Crippen molar-refractivity contribution in [1.82, 2.24) is 10.2 Å². The lowest BCUT2D eigenvalue weighted by Gasteiger charge is -2.21. The highest BCUT2D eigenvalue weighted by atomic mass is 16.4. The second kappa shape index (κ2) is 8.91. The van der Waals surface area contributed by atoms with Gasteiger partial charge in [0.2, 0.25) is 5.91 Å². The third-order valence-electron chi connectivity index (χ3n) is 2.39. The molecule has 106 valence electrons. The van der Waals surface area contributed by atoms with Crippen molar-refractivity contribution in [3.8, 4) is 0 Å². The minimum Gasteiger partial charge on any atom is -0.480 e. The van der Waals surface area contributed by atoms with E-state index in [0.717, 1.165) is 6.42 Å². The second-order valence-electron chi connectivity index (χ2n) is 5.49. The number of nitrogens with zero attached hydrogens (tertiary/aromatic N) is 1. The number of carbonyl (C=O) groups excluding carboxylic acids is 1. The fourth-order valence-corrected chi connectivity index (χ4v) is 1.65. The van der Waals surface area contributed by atoms with Gasteiger partial charge in [0.25, 0.3) is 0 Å². The molecule has 18 heavy (non-hydrogen) atoms. The van der Waals surface area contributed by atoms with E-state index in [2.05, 4.69) is 19.2 Å². The fraction of sp³-hybridized carbons (Fsp3) is 0.846. The van der Waals surface area contributed by atoms with Crippen LogP contribution in [0.2, 0.25) is 0 Å². The summed E-state index contributed by atoms with van der Waals surface area (Å²) in [5.74, 6) is -0.105. The van der Waals surface area contributed by atoms with Crippen molar-refractivity contribution in [2.24, 2.45) is 11.8 Å². The van der Waals surface area contributed by atoms with E-state index in [9.17, 15) is 9.59 Å². The van der Waals surface area contributed by atoms with Crippen LogP contribution in [0.15, 0.2) is 0 Å². The largest absolute Gasteiger partial charge is 0.480 e. The highest BCUT2D eigenvalue weighted by molar-refractivity contribution is 5.79. The first-order chi connectivity index (χ1) is 8.31. The molecule has 0 spiro atoms. The van der Waals surface area contributed by atoms with Gasteiger partial charge in [-0.25, -0.2) is 0 Å². The van der Waals surface area contributed by atoms with Gasteiger partial charge in [-0.05, 0) is 18.3 Å². The van der Waals surface area contributed by atoms with Crippen molar-refractivity contribution in [3.05, 3.63) is 0 Å². The van der Waals surface area contributed by atoms with Crippen LogP contribution in [0.3, 0.4) is 0 Å². The van der Waals surface area contributed by atoms with E-state index in [1.807, 2.05) is 13.8 Å². The van der Waals surface area contributed by atoms with E-state index in [1.165, 1.54) is 0 Å². The fourth-order valence-electron chi connectivity index (χ4n) is 1.65. The molecule has 0 aromatic rings. The van der Waals surface area contributed by atoms with E-state index >= 15 is 0 Å². The van der Waals surface area contributed by atoms with Gasteiger partial charge in [-0.3, -0.25) is 14.5 Å². The summed E-state index contributed by atoms with van der Waals surface area (Å²) in [5.41, 5.74) is 0. The molecule has 1 amide bonds. The molecule has 0 aromatic carbocycles. The average molecular weight is 258 g/mol. The van der Waals surface area contributed by atoms with Crippen LogP contribution in [0.1, 0.15) is 34.1 Å². The monoisotopic (exact) mass is 258 g/mol. The molecule has 5 heteroatoms. The maximum Gasteiger partial charge on any atom is 0.317 e. The second-order valence-corrected chi connectivity index (χ2v) is 5.49. The summed E-state index contributed by atoms with van der Waals surface area (Å²) in [5, 5.41) is 11.6. The lowest BCUT2D eigenvalue weighted by Crippen LogP contribution is -2.41. The molecule has 0 aliphatic carbocycles. The Morgan fingerprint density at radius 2 is 1.72 bits per heavy atom. The van der Waals surface area contributed by atoms with Crippen molar-refractivity contribution in [2.45, 2.75) is 34.1 Å². The lowest BCUT2D eigenvalue weighted by atomic mass is 10.1. The predicted molar refractivity (Wildman–Crippen MR) is 71.4 cm³/mol. The van der Waals surface area contributed by atoms with Crippen LogP contribution in [0.5, 0.6) is 0 Å². The molecular formula is C13H26N2O3. The van der Waals surface area contributed by atoms with Gasteiger partial charge in [0.15, 0.2) is 0 Å². The van der Waals surface area contributed by atoms with E-state index in [-0.39, 0.29) is 19.0 Å². The maximum atomic E-state index is 11.7. The molecule has 0 aliphatic rings. The number of rotatable bonds is 9. The number of aliphatic carboxylic acids is 1. The van der Waals surface area contributed by atoms with Crippen LogP contribution in [0.25, 0.3) is 0 Å². The minimum absolute atomic E-state index is 0.0875. The lowest BCUT2D eigenvalue weighted by molar-refractivity contribution is -0.138. The zero-order chi connectivity index (χ0) is 14.1. The molecule has 0 heterocycles. The zero-order valence-electron chi connectivity index (χ0n) is 11.9. The SMILES string of the molecule is CC(C)CCNC(=O)CN(CC(=O)O)CC(C)C. The van der Waals surface area contributed by atoms with E-state index in [1.54, 1.807) is 4.90 Å². The standard InChI is InChI=1S/C13H26N2O3/c1-10(2)5-6-14-12(16)8-15(7-11(3)4)9-13(17)18/h10-11H,5-9H2,1-4H3,(H,14,16)(H,17,18). The van der Waals surface area contributed by atoms with Crippen molar-refractivity contribution in [2.75, 3.05) is 26.2 Å². The van der Waals surface area contributed by atoms with Gasteiger partial charge in [-0.2, -0.15) is 0 Å². The summed E-state index contributed by atoms with van der Waals surface area (Å²) >= 11 is 0. The minimum atomic E-state index is -0.898. The Hall–Kier alpha value is -1.10. The Morgan fingerprint density at radius 1 is 1.11 bits per heavy atom. The Bertz CT molecular complexity index is 265. The molecular weight excluding hydrogens is 232 g/mol. The number of carbonyl (C=O) groups is 2. The van der Waals surface area contributed by atoms with Crippen molar-refractivity contribution in [3.63, 3.8) is 0 Å². The topological polar surface area (TPSA) is 69.6 Å². The highest BCUT2D eigenvalue weighted by Crippen LogP contribution is 1.99. The van der Waals surface area contributed by atoms with Crippen LogP contribution in [-0.4, -0.2) is 48.1 Å². The highest BCUT2D eigenvalue weighted by Gasteiger charge is 2.14. The van der Waals surface area contributed by atoms with Gasteiger partial charge in [0.1, 0.15) is 0 Å². The first-order valence-corrected chi connectivity index (χ1v) is 6.52. The predicted octanol–water partition coefficient (Wildman–Crippen LogP) is 1.19. The van der Waals surface area contributed by atoms with Gasteiger partial charge in [-0.15, -0.1) is 0 Å². The molecule has 0 radical (unpaired) electrons. The summed E-state index contributed by atoms with van der Waals surface area (Å²) in [4.78, 5) is 24.0. The number of amides is 1. The third-order valence-corrected chi connectivity index (χ3v) is 2.39. The number of carboxylic acid groups (broad SMARTS) is 1. The van der Waals surface area contributed by atoms with E-state index in [0.29, 0.717) is 24.9 Å². The van der Waals surface area contributed by atoms with Crippen LogP contribution < -0.4 is 5.32 Å². The number of nitrogens with one attached hydrogen (secondary N) is 1. The summed E-state index contributed by atoms with van der Waals surface area (Å²) in [6, 6.07) is 0. The van der Waals surface area contributed by atoms with Gasteiger partial charge in [0, 0.05) is 13.1 Å². The van der Waals surface area contributed by atoms with Crippen molar-refractivity contribution in [1.29, 1.82) is 0 Å². The quantitative estimate of drug-likeness (QED) is 0.652. The molecule has 0 saturated heterocycles. The zero-order valence-corrected chi connectivity index (χ0v) is 11.9. The maximum absolute atomic E-state index is 11.7. The smallest absolute Gasteiger partial charge is 0.317 e. The first kappa shape index (κ1) is 16.9. The number of hydrogen-bond donors (Lipinski definition) is 2. The molecule has 0 atom stereocenters. The molecule has 0 fully saturated rings. The molecule has 2 N–H and O–H groups in total. The molecule has 0 bridgehead atoms. The molecule has 0 aliphatic heterocycles. The normalized spacial score (nSPS) is 11.3. The van der Waals surface area contributed by atoms with Crippen LogP contribution in [0.4, 0.5) is 0 Å². The van der Waals surface area contributed by atoms with E-state index in [4.69, 9.17) is 5.11 Å². The average Bonchev–Trinajstić information content (AvgIpc) is 2.13. The van der Waals surface area contributed by atoms with Gasteiger partial charge < -0.3 is 10.4 Å². The van der Waals surface area contributed by atoms with Crippen molar-refractivity contribution >= 4 is 11.9 Å². The Balaban J connectivity index is 4.05. The Labute approximate surface area is 110 Å².